The molecule has 1 N–H and O–H groups in total. The predicted molar refractivity (Wildman–Crippen MR) is 90.0 cm³/mol. The van der Waals surface area contributed by atoms with Gasteiger partial charge in [-0.3, -0.25) is 0 Å². The van der Waals surface area contributed by atoms with Gasteiger partial charge in [-0.25, -0.2) is 0 Å². The average molecular weight is 289 g/mol. The van der Waals surface area contributed by atoms with Crippen LogP contribution in [0.4, 0.5) is 0 Å². The van der Waals surface area contributed by atoms with Gasteiger partial charge in [-0.1, -0.05) is 43.9 Å². The SMILES string of the molecule is CCCNC(c1cc(C)ccc1OCC)C1CCCCC1. The van der Waals surface area contributed by atoms with Gasteiger partial charge in [0.25, 0.3) is 0 Å². The van der Waals surface area contributed by atoms with Gasteiger partial charge in [0.2, 0.25) is 0 Å². The smallest absolute Gasteiger partial charge is 0.124 e. The molecule has 1 unspecified atom stereocenters. The summed E-state index contributed by atoms with van der Waals surface area (Å²) in [6.45, 7) is 8.31. The third-order valence-corrected chi connectivity index (χ3v) is 4.54. The van der Waals surface area contributed by atoms with Gasteiger partial charge in [0, 0.05) is 11.6 Å². The summed E-state index contributed by atoms with van der Waals surface area (Å²) in [5.74, 6) is 1.83. The third kappa shape index (κ3) is 4.47. The van der Waals surface area contributed by atoms with Gasteiger partial charge in [0.1, 0.15) is 5.75 Å². The number of nitrogens with one attached hydrogen (secondary N) is 1. The van der Waals surface area contributed by atoms with E-state index in [1.54, 1.807) is 0 Å². The number of hydrogen-bond donors (Lipinski definition) is 1. The van der Waals surface area contributed by atoms with E-state index in [4.69, 9.17) is 4.74 Å². The molecule has 0 saturated heterocycles. The minimum Gasteiger partial charge on any atom is -0.494 e. The lowest BCUT2D eigenvalue weighted by atomic mass is 9.80. The molecule has 1 atom stereocenters. The Balaban J connectivity index is 2.27. The molecule has 0 spiro atoms. The second kappa shape index (κ2) is 8.43. The molecule has 1 aliphatic rings. The van der Waals surface area contributed by atoms with Gasteiger partial charge >= 0.3 is 0 Å². The highest BCUT2D eigenvalue weighted by molar-refractivity contribution is 5.39. The van der Waals surface area contributed by atoms with Crippen LogP contribution in [0.3, 0.4) is 0 Å². The summed E-state index contributed by atoms with van der Waals surface area (Å²) in [5, 5.41) is 3.80. The zero-order chi connectivity index (χ0) is 15.1. The molecule has 0 radical (unpaired) electrons. The number of benzene rings is 1. The van der Waals surface area contributed by atoms with E-state index >= 15 is 0 Å². The van der Waals surface area contributed by atoms with Gasteiger partial charge in [-0.15, -0.1) is 0 Å². The van der Waals surface area contributed by atoms with E-state index in [-0.39, 0.29) is 0 Å². The lowest BCUT2D eigenvalue weighted by molar-refractivity contribution is 0.261. The summed E-state index contributed by atoms with van der Waals surface area (Å²) in [6, 6.07) is 7.09. The van der Waals surface area contributed by atoms with E-state index in [0.717, 1.165) is 24.8 Å². The monoisotopic (exact) mass is 289 g/mol. The van der Waals surface area contributed by atoms with Crippen LogP contribution < -0.4 is 10.1 Å². The van der Waals surface area contributed by atoms with Crippen molar-refractivity contribution >= 4 is 0 Å². The number of aryl methyl sites for hydroxylation is 1. The molecule has 2 nitrogen and oxygen atoms in total. The van der Waals surface area contributed by atoms with E-state index < -0.39 is 0 Å². The van der Waals surface area contributed by atoms with E-state index in [9.17, 15) is 0 Å². The first kappa shape index (κ1) is 16.4. The maximum absolute atomic E-state index is 5.90. The molecule has 0 bridgehead atoms. The molecule has 0 aromatic heterocycles. The third-order valence-electron chi connectivity index (χ3n) is 4.54. The molecule has 2 rings (SSSR count). The summed E-state index contributed by atoms with van der Waals surface area (Å²) in [7, 11) is 0. The highest BCUT2D eigenvalue weighted by Gasteiger charge is 2.26. The first-order chi connectivity index (χ1) is 10.3. The van der Waals surface area contributed by atoms with Crippen LogP contribution in [0.5, 0.6) is 5.75 Å². The molecule has 1 aliphatic carbocycles. The number of rotatable bonds is 7. The second-order valence-corrected chi connectivity index (χ2v) is 6.30. The largest absolute Gasteiger partial charge is 0.494 e. The molecule has 2 heteroatoms. The van der Waals surface area contributed by atoms with Crippen molar-refractivity contribution in [1.29, 1.82) is 0 Å². The van der Waals surface area contributed by atoms with Crippen molar-refractivity contribution in [3.05, 3.63) is 29.3 Å². The minimum absolute atomic E-state index is 0.451. The van der Waals surface area contributed by atoms with Crippen molar-refractivity contribution < 1.29 is 4.74 Å². The zero-order valence-electron chi connectivity index (χ0n) is 14.0. The van der Waals surface area contributed by atoms with E-state index in [1.165, 1.54) is 49.7 Å². The fraction of sp³-hybridized carbons (Fsp3) is 0.684. The normalized spacial score (nSPS) is 17.7. The van der Waals surface area contributed by atoms with Crippen LogP contribution in [0, 0.1) is 12.8 Å². The van der Waals surface area contributed by atoms with Crippen molar-refractivity contribution in [3.8, 4) is 5.75 Å². The quantitative estimate of drug-likeness (QED) is 0.761. The van der Waals surface area contributed by atoms with Crippen molar-refractivity contribution in [2.24, 2.45) is 5.92 Å². The molecule has 1 aromatic carbocycles. The molecule has 0 aliphatic heterocycles. The van der Waals surface area contributed by atoms with Crippen molar-refractivity contribution in [1.82, 2.24) is 5.32 Å². The Morgan fingerprint density at radius 2 is 1.95 bits per heavy atom. The molecule has 0 heterocycles. The molecular formula is C19H31NO. The van der Waals surface area contributed by atoms with Gasteiger partial charge < -0.3 is 10.1 Å². The summed E-state index contributed by atoms with van der Waals surface area (Å²) in [4.78, 5) is 0. The van der Waals surface area contributed by atoms with Crippen LogP contribution in [-0.4, -0.2) is 13.2 Å². The number of hydrogen-bond acceptors (Lipinski definition) is 2. The Morgan fingerprint density at radius 3 is 2.62 bits per heavy atom. The average Bonchev–Trinajstić information content (AvgIpc) is 2.51. The molecule has 1 aromatic rings. The summed E-state index contributed by atoms with van der Waals surface area (Å²) >= 11 is 0. The Bertz CT molecular complexity index is 424. The molecule has 1 saturated carbocycles. The fourth-order valence-electron chi connectivity index (χ4n) is 3.50. The van der Waals surface area contributed by atoms with Crippen molar-refractivity contribution in [2.75, 3.05) is 13.2 Å². The lowest BCUT2D eigenvalue weighted by Gasteiger charge is -2.32. The first-order valence-corrected chi connectivity index (χ1v) is 8.73. The highest BCUT2D eigenvalue weighted by Crippen LogP contribution is 2.38. The molecular weight excluding hydrogens is 258 g/mol. The molecule has 0 amide bonds. The Morgan fingerprint density at radius 1 is 1.19 bits per heavy atom. The minimum atomic E-state index is 0.451. The van der Waals surface area contributed by atoms with Crippen LogP contribution in [0.2, 0.25) is 0 Å². The van der Waals surface area contributed by atoms with Gasteiger partial charge in [-0.2, -0.15) is 0 Å². The van der Waals surface area contributed by atoms with Crippen LogP contribution >= 0.6 is 0 Å². The van der Waals surface area contributed by atoms with Crippen molar-refractivity contribution in [2.45, 2.75) is 65.3 Å². The summed E-state index contributed by atoms with van der Waals surface area (Å²) < 4.78 is 5.90. The Hall–Kier alpha value is -1.02. The first-order valence-electron chi connectivity index (χ1n) is 8.73. The van der Waals surface area contributed by atoms with Gasteiger partial charge in [0.05, 0.1) is 6.61 Å². The fourth-order valence-corrected chi connectivity index (χ4v) is 3.50. The second-order valence-electron chi connectivity index (χ2n) is 6.30. The van der Waals surface area contributed by atoms with E-state index in [2.05, 4.69) is 44.3 Å². The molecule has 21 heavy (non-hydrogen) atoms. The Labute approximate surface area is 130 Å². The molecule has 118 valence electrons. The van der Waals surface area contributed by atoms with Gasteiger partial charge in [-0.05, 0) is 51.6 Å². The topological polar surface area (TPSA) is 21.3 Å². The zero-order valence-corrected chi connectivity index (χ0v) is 14.0. The van der Waals surface area contributed by atoms with Gasteiger partial charge in [0.15, 0.2) is 0 Å². The van der Waals surface area contributed by atoms with Crippen molar-refractivity contribution in [3.63, 3.8) is 0 Å². The van der Waals surface area contributed by atoms with E-state index in [0.29, 0.717) is 6.04 Å². The van der Waals surface area contributed by atoms with Crippen LogP contribution in [0.1, 0.15) is 69.5 Å². The summed E-state index contributed by atoms with van der Waals surface area (Å²) in [5.41, 5.74) is 2.70. The van der Waals surface area contributed by atoms with Crippen LogP contribution in [0.15, 0.2) is 18.2 Å². The highest BCUT2D eigenvalue weighted by atomic mass is 16.5. The van der Waals surface area contributed by atoms with E-state index in [1.807, 2.05) is 0 Å². The van der Waals surface area contributed by atoms with Crippen LogP contribution in [0.25, 0.3) is 0 Å². The number of ether oxygens (including phenoxy) is 1. The predicted octanol–water partition coefficient (Wildman–Crippen LogP) is 5.01. The maximum Gasteiger partial charge on any atom is 0.124 e. The standard InChI is InChI=1S/C19H31NO/c1-4-13-20-19(16-9-7-6-8-10-16)17-14-15(3)11-12-18(17)21-5-2/h11-12,14,16,19-20H,4-10,13H2,1-3H3. The summed E-state index contributed by atoms with van der Waals surface area (Å²) in [6.07, 6.45) is 8.04. The Kier molecular flexibility index (Phi) is 6.56. The van der Waals surface area contributed by atoms with Crippen LogP contribution in [-0.2, 0) is 0 Å². The molecule has 1 fully saturated rings. The lowest BCUT2D eigenvalue weighted by Crippen LogP contribution is -2.30. The maximum atomic E-state index is 5.90.